The summed E-state index contributed by atoms with van der Waals surface area (Å²) in [5.41, 5.74) is -7.14. The molecule has 0 saturated carbocycles. The third-order valence-electron chi connectivity index (χ3n) is 3.55. The predicted molar refractivity (Wildman–Crippen MR) is 86.6 cm³/mol. The number of nitrogens with zero attached hydrogens (tertiary/aromatic N) is 2. The summed E-state index contributed by atoms with van der Waals surface area (Å²) >= 11 is 2.26. The normalized spacial score (nSPS) is 12.9. The van der Waals surface area contributed by atoms with Crippen LogP contribution in [0.1, 0.15) is 23.7 Å². The molecule has 0 saturated heterocycles. The average molecular weight is 498 g/mol. The third kappa shape index (κ3) is 5.03. The zero-order valence-electron chi connectivity index (χ0n) is 14.0. The highest BCUT2D eigenvalue weighted by Gasteiger charge is 2.41. The molecule has 0 radical (unpaired) electrons. The van der Waals surface area contributed by atoms with E-state index in [9.17, 15) is 44.3 Å². The second-order valence-corrected chi connectivity index (χ2v) is 6.34. The van der Waals surface area contributed by atoms with Crippen molar-refractivity contribution in [3.63, 3.8) is 0 Å². The van der Waals surface area contributed by atoms with Gasteiger partial charge in [0, 0.05) is 22.8 Å². The minimum Gasteiger partial charge on any atom is -0.325 e. The highest BCUT2D eigenvalue weighted by Crippen LogP contribution is 2.44. The minimum atomic E-state index is -5.21. The van der Waals surface area contributed by atoms with Crippen LogP contribution in [0.5, 0.6) is 0 Å². The zero-order valence-corrected chi connectivity index (χ0v) is 15.6. The summed E-state index contributed by atoms with van der Waals surface area (Å²) in [5.74, 6) is -0.865. The Morgan fingerprint density at radius 2 is 1.41 bits per heavy atom. The van der Waals surface area contributed by atoms with Crippen molar-refractivity contribution in [2.75, 3.05) is 5.32 Å². The van der Waals surface area contributed by atoms with Crippen LogP contribution in [-0.4, -0.2) is 9.55 Å². The molecular formula is C15H9BrF9N3O. The van der Waals surface area contributed by atoms with E-state index in [2.05, 4.69) is 20.9 Å². The number of anilines is 2. The second-order valence-electron chi connectivity index (χ2n) is 5.55. The van der Waals surface area contributed by atoms with Crippen LogP contribution in [-0.2, 0) is 25.1 Å². The van der Waals surface area contributed by atoms with Gasteiger partial charge in [-0.05, 0) is 35.0 Å². The summed E-state index contributed by atoms with van der Waals surface area (Å²) in [6.45, 7) is 1.08. The summed E-state index contributed by atoms with van der Waals surface area (Å²) in [6.07, 6.45) is -15.5. The lowest BCUT2D eigenvalue weighted by molar-refractivity contribution is -0.144. The standard InChI is InChI=1S/C15H9BrF9N3O/c1-2-28-10(29)5-9(15(23,24)25)27-12(28)26-6-3-7(13(17,18)19)11(16)8(4-6)14(20,21)22/h3-5H,2H2,1H3,(H,26,27). The maximum Gasteiger partial charge on any atom is 0.433 e. The first-order chi connectivity index (χ1) is 13.1. The molecule has 0 atom stereocenters. The summed E-state index contributed by atoms with van der Waals surface area (Å²) in [4.78, 5) is 15.0. The Kier molecular flexibility index (Phi) is 5.99. The van der Waals surface area contributed by atoms with Crippen molar-refractivity contribution >= 4 is 27.6 Å². The van der Waals surface area contributed by atoms with Crippen LogP contribution in [0.2, 0.25) is 0 Å². The van der Waals surface area contributed by atoms with Crippen molar-refractivity contribution in [2.24, 2.45) is 0 Å². The Labute approximate surface area is 164 Å². The molecule has 0 unspecified atom stereocenters. The summed E-state index contributed by atoms with van der Waals surface area (Å²) < 4.78 is 117. The smallest absolute Gasteiger partial charge is 0.325 e. The Morgan fingerprint density at radius 1 is 0.931 bits per heavy atom. The molecule has 1 heterocycles. The highest BCUT2D eigenvalue weighted by molar-refractivity contribution is 9.10. The number of alkyl halides is 9. The Morgan fingerprint density at radius 3 is 1.79 bits per heavy atom. The number of hydrogen-bond acceptors (Lipinski definition) is 3. The monoisotopic (exact) mass is 497 g/mol. The van der Waals surface area contributed by atoms with Gasteiger partial charge in [-0.3, -0.25) is 9.36 Å². The van der Waals surface area contributed by atoms with Gasteiger partial charge in [-0.25, -0.2) is 4.98 Å². The minimum absolute atomic E-state index is 0.165. The number of rotatable bonds is 3. The summed E-state index contributed by atoms with van der Waals surface area (Å²) in [6, 6.07) is 0.677. The molecule has 0 amide bonds. The fraction of sp³-hybridized carbons (Fsp3) is 0.333. The second kappa shape index (κ2) is 7.54. The third-order valence-corrected chi connectivity index (χ3v) is 4.41. The van der Waals surface area contributed by atoms with Crippen molar-refractivity contribution in [2.45, 2.75) is 32.0 Å². The molecule has 0 spiro atoms. The lowest BCUT2D eigenvalue weighted by Gasteiger charge is -2.19. The van der Waals surface area contributed by atoms with E-state index < -0.39 is 57.0 Å². The van der Waals surface area contributed by atoms with Gasteiger partial charge in [0.2, 0.25) is 5.95 Å². The lowest BCUT2D eigenvalue weighted by atomic mass is 10.1. The van der Waals surface area contributed by atoms with Gasteiger partial charge in [-0.15, -0.1) is 0 Å². The molecule has 160 valence electrons. The van der Waals surface area contributed by atoms with Crippen molar-refractivity contribution in [3.05, 3.63) is 49.8 Å². The Bertz CT molecular complexity index is 942. The number of benzene rings is 1. The van der Waals surface area contributed by atoms with Crippen LogP contribution >= 0.6 is 15.9 Å². The maximum atomic E-state index is 13.1. The first kappa shape index (κ1) is 23.0. The van der Waals surface area contributed by atoms with Gasteiger partial charge in [0.05, 0.1) is 11.1 Å². The molecule has 0 fully saturated rings. The number of aromatic nitrogens is 2. The van der Waals surface area contributed by atoms with Gasteiger partial charge in [0.15, 0.2) is 5.69 Å². The van der Waals surface area contributed by atoms with Crippen LogP contribution in [0.15, 0.2) is 27.5 Å². The van der Waals surface area contributed by atoms with Gasteiger partial charge in [-0.2, -0.15) is 39.5 Å². The lowest BCUT2D eigenvalue weighted by Crippen LogP contribution is -2.26. The topological polar surface area (TPSA) is 46.9 Å². The molecule has 14 heteroatoms. The SMILES string of the molecule is CCn1c(Nc2cc(C(F)(F)F)c(Br)c(C(F)(F)F)c2)nc(C(F)(F)F)cc1=O. The predicted octanol–water partition coefficient (Wildman–Crippen LogP) is 5.83. The molecular weight excluding hydrogens is 489 g/mol. The molecule has 0 aliphatic carbocycles. The number of hydrogen-bond donors (Lipinski definition) is 1. The van der Waals surface area contributed by atoms with E-state index in [1.165, 1.54) is 6.92 Å². The van der Waals surface area contributed by atoms with Crippen LogP contribution in [0.3, 0.4) is 0 Å². The van der Waals surface area contributed by atoms with E-state index in [4.69, 9.17) is 0 Å². The molecule has 0 aliphatic rings. The van der Waals surface area contributed by atoms with E-state index in [0.29, 0.717) is 4.57 Å². The fourth-order valence-electron chi connectivity index (χ4n) is 2.29. The first-order valence-corrected chi connectivity index (χ1v) is 8.29. The number of nitrogens with one attached hydrogen (secondary N) is 1. The average Bonchev–Trinajstić information content (AvgIpc) is 2.53. The van der Waals surface area contributed by atoms with E-state index in [-0.39, 0.29) is 24.7 Å². The van der Waals surface area contributed by atoms with E-state index >= 15 is 0 Å². The van der Waals surface area contributed by atoms with Gasteiger partial charge >= 0.3 is 18.5 Å². The van der Waals surface area contributed by atoms with Crippen molar-refractivity contribution in [3.8, 4) is 0 Å². The molecule has 1 aromatic carbocycles. The van der Waals surface area contributed by atoms with Crippen molar-refractivity contribution in [1.29, 1.82) is 0 Å². The molecule has 1 aromatic heterocycles. The molecule has 4 nitrogen and oxygen atoms in total. The van der Waals surface area contributed by atoms with E-state index in [1.54, 1.807) is 0 Å². The quantitative estimate of drug-likeness (QED) is 0.543. The van der Waals surface area contributed by atoms with E-state index in [0.717, 1.165) is 0 Å². The molecule has 29 heavy (non-hydrogen) atoms. The molecule has 0 bridgehead atoms. The van der Waals surface area contributed by atoms with Gasteiger partial charge in [-0.1, -0.05) is 0 Å². The first-order valence-electron chi connectivity index (χ1n) is 7.49. The Hall–Kier alpha value is -2.25. The summed E-state index contributed by atoms with van der Waals surface area (Å²) in [7, 11) is 0. The molecule has 0 aliphatic heterocycles. The van der Waals surface area contributed by atoms with Gasteiger partial charge in [0.1, 0.15) is 0 Å². The maximum absolute atomic E-state index is 13.1. The fourth-order valence-corrected chi connectivity index (χ4v) is 2.97. The largest absolute Gasteiger partial charge is 0.433 e. The van der Waals surface area contributed by atoms with Gasteiger partial charge < -0.3 is 5.32 Å². The molecule has 1 N–H and O–H groups in total. The zero-order chi connectivity index (χ0) is 22.4. The summed E-state index contributed by atoms with van der Waals surface area (Å²) in [5, 5.41) is 1.96. The van der Waals surface area contributed by atoms with Crippen LogP contribution in [0, 0.1) is 0 Å². The molecule has 2 aromatic rings. The van der Waals surface area contributed by atoms with Crippen LogP contribution in [0.25, 0.3) is 0 Å². The highest BCUT2D eigenvalue weighted by atomic mass is 79.9. The van der Waals surface area contributed by atoms with Crippen LogP contribution < -0.4 is 10.9 Å². The Balaban J connectivity index is 2.71. The number of halogens is 10. The van der Waals surface area contributed by atoms with Crippen molar-refractivity contribution < 1.29 is 39.5 Å². The van der Waals surface area contributed by atoms with Crippen molar-refractivity contribution in [1.82, 2.24) is 9.55 Å². The molecule has 2 rings (SSSR count). The van der Waals surface area contributed by atoms with Gasteiger partial charge in [0.25, 0.3) is 5.56 Å². The van der Waals surface area contributed by atoms with E-state index in [1.807, 2.05) is 5.32 Å². The van der Waals surface area contributed by atoms with Crippen LogP contribution in [0.4, 0.5) is 51.1 Å².